The third-order valence-corrected chi connectivity index (χ3v) is 7.31. The number of hydrogen-bond acceptors (Lipinski definition) is 6. The van der Waals surface area contributed by atoms with Crippen LogP contribution in [0.25, 0.3) is 11.4 Å². The minimum Gasteiger partial charge on any atom is -0.369 e. The third-order valence-electron chi connectivity index (χ3n) is 5.27. The topological polar surface area (TPSA) is 79.5 Å². The highest BCUT2D eigenvalue weighted by Gasteiger charge is 2.30. The van der Waals surface area contributed by atoms with Gasteiger partial charge in [-0.15, -0.1) is 0 Å². The smallest absolute Gasteiger partial charge is 0.243 e. The van der Waals surface area contributed by atoms with Crippen LogP contribution in [-0.4, -0.2) is 49.0 Å². The molecule has 0 atom stereocenters. The van der Waals surface area contributed by atoms with Gasteiger partial charge in [0.05, 0.1) is 4.90 Å². The Hall–Kier alpha value is -2.78. The summed E-state index contributed by atoms with van der Waals surface area (Å²) in [6.45, 7) is 5.47. The fourth-order valence-corrected chi connectivity index (χ4v) is 5.18. The van der Waals surface area contributed by atoms with Crippen LogP contribution in [0.3, 0.4) is 0 Å². The predicted molar refractivity (Wildman–Crippen MR) is 111 cm³/mol. The summed E-state index contributed by atoms with van der Waals surface area (Å²) >= 11 is 0. The van der Waals surface area contributed by atoms with Gasteiger partial charge < -0.3 is 9.42 Å². The van der Waals surface area contributed by atoms with Gasteiger partial charge in [-0.2, -0.15) is 9.29 Å². The largest absolute Gasteiger partial charge is 0.369 e. The van der Waals surface area contributed by atoms with Crippen molar-refractivity contribution in [2.24, 2.45) is 0 Å². The Morgan fingerprint density at radius 2 is 1.77 bits per heavy atom. The standard InChI is InChI=1S/C21H23FN4O3S/c1-3-20-23-21(24-29-20)16-5-4-15(2)19(14-16)30(27,28)26-12-10-25(11-13-26)18-8-6-17(22)7-9-18/h4-9,14H,3,10-13H2,1-2H3. The predicted octanol–water partition coefficient (Wildman–Crippen LogP) is 3.26. The number of hydrogen-bond donors (Lipinski definition) is 0. The number of aromatic nitrogens is 2. The molecule has 3 aromatic rings. The van der Waals surface area contributed by atoms with Crippen molar-refractivity contribution < 1.29 is 17.3 Å². The van der Waals surface area contributed by atoms with E-state index in [1.807, 2.05) is 6.92 Å². The quantitative estimate of drug-likeness (QED) is 0.618. The van der Waals surface area contributed by atoms with Gasteiger partial charge in [0, 0.05) is 43.9 Å². The average Bonchev–Trinajstić information content (AvgIpc) is 3.24. The summed E-state index contributed by atoms with van der Waals surface area (Å²) in [6.07, 6.45) is 0.613. The van der Waals surface area contributed by atoms with E-state index in [-0.39, 0.29) is 10.7 Å². The van der Waals surface area contributed by atoms with Crippen molar-refractivity contribution in [2.45, 2.75) is 25.2 Å². The van der Waals surface area contributed by atoms with Crippen LogP contribution in [-0.2, 0) is 16.4 Å². The van der Waals surface area contributed by atoms with Crippen molar-refractivity contribution in [2.75, 3.05) is 31.1 Å². The van der Waals surface area contributed by atoms with Crippen LogP contribution in [0.4, 0.5) is 10.1 Å². The van der Waals surface area contributed by atoms with Crippen molar-refractivity contribution in [1.82, 2.24) is 14.4 Å². The molecule has 0 bridgehead atoms. The highest BCUT2D eigenvalue weighted by molar-refractivity contribution is 7.89. The number of nitrogens with zero attached hydrogens (tertiary/aromatic N) is 4. The van der Waals surface area contributed by atoms with E-state index in [1.165, 1.54) is 16.4 Å². The van der Waals surface area contributed by atoms with Gasteiger partial charge in [0.1, 0.15) is 5.82 Å². The summed E-state index contributed by atoms with van der Waals surface area (Å²) < 4.78 is 46.5. The van der Waals surface area contributed by atoms with E-state index in [0.717, 1.165) is 5.69 Å². The van der Waals surface area contributed by atoms with Crippen LogP contribution in [0.2, 0.25) is 0 Å². The molecule has 7 nitrogen and oxygen atoms in total. The second kappa shape index (κ2) is 8.16. The van der Waals surface area contributed by atoms with E-state index in [9.17, 15) is 12.8 Å². The monoisotopic (exact) mass is 430 g/mol. The molecule has 1 saturated heterocycles. The van der Waals surface area contributed by atoms with Crippen molar-refractivity contribution in [3.05, 3.63) is 59.7 Å². The molecular weight excluding hydrogens is 407 g/mol. The summed E-state index contributed by atoms with van der Waals surface area (Å²) in [5.74, 6) is 0.597. The highest BCUT2D eigenvalue weighted by Crippen LogP contribution is 2.27. The van der Waals surface area contributed by atoms with E-state index in [1.54, 1.807) is 37.3 Å². The summed E-state index contributed by atoms with van der Waals surface area (Å²) in [5.41, 5.74) is 2.15. The van der Waals surface area contributed by atoms with Crippen molar-refractivity contribution in [3.63, 3.8) is 0 Å². The first kappa shape index (κ1) is 20.5. The van der Waals surface area contributed by atoms with E-state index >= 15 is 0 Å². The van der Waals surface area contributed by atoms with Crippen LogP contribution < -0.4 is 4.90 Å². The van der Waals surface area contributed by atoms with Gasteiger partial charge in [0.15, 0.2) is 0 Å². The summed E-state index contributed by atoms with van der Waals surface area (Å²) in [4.78, 5) is 6.60. The lowest BCUT2D eigenvalue weighted by molar-refractivity contribution is 0.382. The van der Waals surface area contributed by atoms with Gasteiger partial charge in [-0.3, -0.25) is 0 Å². The first-order valence-corrected chi connectivity index (χ1v) is 11.3. The molecule has 0 aliphatic carbocycles. The van der Waals surface area contributed by atoms with Gasteiger partial charge >= 0.3 is 0 Å². The number of anilines is 1. The van der Waals surface area contributed by atoms with Crippen LogP contribution in [0, 0.1) is 12.7 Å². The third kappa shape index (κ3) is 3.95. The molecule has 0 saturated carbocycles. The fourth-order valence-electron chi connectivity index (χ4n) is 3.51. The zero-order chi connectivity index (χ0) is 21.3. The molecule has 4 rings (SSSR count). The highest BCUT2D eigenvalue weighted by atomic mass is 32.2. The molecule has 1 fully saturated rings. The Kier molecular flexibility index (Phi) is 5.57. The summed E-state index contributed by atoms with van der Waals surface area (Å²) in [5, 5.41) is 3.94. The van der Waals surface area contributed by atoms with Crippen LogP contribution in [0.5, 0.6) is 0 Å². The van der Waals surface area contributed by atoms with E-state index in [4.69, 9.17) is 4.52 Å². The van der Waals surface area contributed by atoms with Gasteiger partial charge in [-0.1, -0.05) is 24.2 Å². The SMILES string of the molecule is CCc1nc(-c2ccc(C)c(S(=O)(=O)N3CCN(c4ccc(F)cc4)CC3)c2)no1. The molecule has 0 unspecified atom stereocenters. The van der Waals surface area contributed by atoms with Crippen molar-refractivity contribution in [3.8, 4) is 11.4 Å². The molecule has 1 aromatic heterocycles. The van der Waals surface area contributed by atoms with Gasteiger partial charge in [-0.25, -0.2) is 12.8 Å². The van der Waals surface area contributed by atoms with E-state index < -0.39 is 10.0 Å². The first-order valence-electron chi connectivity index (χ1n) is 9.83. The molecule has 1 aliphatic rings. The number of halogens is 1. The number of rotatable bonds is 5. The van der Waals surface area contributed by atoms with E-state index in [2.05, 4.69) is 15.0 Å². The van der Waals surface area contributed by atoms with Gasteiger partial charge in [0.2, 0.25) is 21.7 Å². The zero-order valence-electron chi connectivity index (χ0n) is 16.9. The molecule has 0 spiro atoms. The number of sulfonamides is 1. The molecule has 0 N–H and O–H groups in total. The first-order chi connectivity index (χ1) is 14.4. The Balaban J connectivity index is 1.55. The van der Waals surface area contributed by atoms with E-state index in [0.29, 0.717) is 55.4 Å². The lowest BCUT2D eigenvalue weighted by Gasteiger charge is -2.35. The number of aryl methyl sites for hydroxylation is 2. The molecule has 9 heteroatoms. The second-order valence-electron chi connectivity index (χ2n) is 7.21. The Labute approximate surface area is 175 Å². The summed E-state index contributed by atoms with van der Waals surface area (Å²) in [7, 11) is -3.67. The molecule has 158 valence electrons. The molecule has 0 amide bonds. The normalized spacial score (nSPS) is 15.5. The zero-order valence-corrected chi connectivity index (χ0v) is 17.7. The fraction of sp³-hybridized carbons (Fsp3) is 0.333. The maximum absolute atomic E-state index is 13.3. The molecule has 2 heterocycles. The number of piperazine rings is 1. The molecular formula is C21H23FN4O3S. The molecule has 2 aromatic carbocycles. The number of benzene rings is 2. The maximum atomic E-state index is 13.3. The van der Waals surface area contributed by atoms with Crippen LogP contribution in [0.15, 0.2) is 51.9 Å². The Morgan fingerprint density at radius 1 is 1.07 bits per heavy atom. The molecule has 1 aliphatic heterocycles. The molecule has 30 heavy (non-hydrogen) atoms. The Bertz CT molecular complexity index is 1140. The maximum Gasteiger partial charge on any atom is 0.243 e. The van der Waals surface area contributed by atoms with Crippen molar-refractivity contribution in [1.29, 1.82) is 0 Å². The van der Waals surface area contributed by atoms with Crippen molar-refractivity contribution >= 4 is 15.7 Å². The average molecular weight is 431 g/mol. The Morgan fingerprint density at radius 3 is 2.40 bits per heavy atom. The lowest BCUT2D eigenvalue weighted by Crippen LogP contribution is -2.48. The van der Waals surface area contributed by atoms with Gasteiger partial charge in [0.25, 0.3) is 0 Å². The minimum absolute atomic E-state index is 0.248. The van der Waals surface area contributed by atoms with Crippen LogP contribution in [0.1, 0.15) is 18.4 Å². The lowest BCUT2D eigenvalue weighted by atomic mass is 10.1. The minimum atomic E-state index is -3.67. The summed E-state index contributed by atoms with van der Waals surface area (Å²) in [6, 6.07) is 11.4. The van der Waals surface area contributed by atoms with Crippen LogP contribution >= 0.6 is 0 Å². The van der Waals surface area contributed by atoms with Gasteiger partial charge in [-0.05, 0) is 42.8 Å². The molecule has 0 radical (unpaired) electrons. The second-order valence-corrected chi connectivity index (χ2v) is 9.12.